The minimum Gasteiger partial charge on any atom is -0.469 e. The van der Waals surface area contributed by atoms with Gasteiger partial charge in [-0.3, -0.25) is 14.5 Å². The third kappa shape index (κ3) is 3.85. The molecule has 0 saturated carbocycles. The molecule has 2 rings (SSSR count). The van der Waals surface area contributed by atoms with Gasteiger partial charge in [-0.05, 0) is 19.9 Å². The van der Waals surface area contributed by atoms with Crippen molar-refractivity contribution >= 4 is 11.9 Å². The van der Waals surface area contributed by atoms with E-state index in [-0.39, 0.29) is 11.9 Å². The summed E-state index contributed by atoms with van der Waals surface area (Å²) >= 11 is 0. The molecule has 6 nitrogen and oxygen atoms in total. The minimum absolute atomic E-state index is 0.0250. The molecule has 0 radical (unpaired) electrons. The van der Waals surface area contributed by atoms with E-state index >= 15 is 0 Å². The lowest BCUT2D eigenvalue weighted by Gasteiger charge is -2.34. The van der Waals surface area contributed by atoms with E-state index in [9.17, 15) is 9.59 Å². The average Bonchev–Trinajstić information content (AvgIpc) is 2.83. The molecule has 6 heteroatoms. The molecule has 1 aromatic rings. The Morgan fingerprint density at radius 3 is 2.43 bits per heavy atom. The second-order valence-electron chi connectivity index (χ2n) is 5.29. The molecule has 1 aliphatic heterocycles. The molecule has 116 valence electrons. The number of aryl methyl sites for hydroxylation is 2. The normalized spacial score (nSPS) is 16.0. The standard InChI is InChI=1S/C15H22N2O4/c1-11-10-13(12(2)21-11)15(19)17-8-6-16(7-9-17)5-4-14(18)20-3/h10H,4-9H2,1-3H3. The number of piperazine rings is 1. The number of rotatable bonds is 4. The highest BCUT2D eigenvalue weighted by Crippen LogP contribution is 2.17. The van der Waals surface area contributed by atoms with E-state index in [1.54, 1.807) is 6.07 Å². The van der Waals surface area contributed by atoms with Crippen molar-refractivity contribution in [1.82, 2.24) is 9.80 Å². The van der Waals surface area contributed by atoms with E-state index < -0.39 is 0 Å². The molecular weight excluding hydrogens is 272 g/mol. The lowest BCUT2D eigenvalue weighted by molar-refractivity contribution is -0.141. The van der Waals surface area contributed by atoms with Gasteiger partial charge in [-0.2, -0.15) is 0 Å². The molecule has 0 atom stereocenters. The molecule has 0 aromatic carbocycles. The summed E-state index contributed by atoms with van der Waals surface area (Å²) in [6.07, 6.45) is 0.393. The monoisotopic (exact) mass is 294 g/mol. The molecule has 2 heterocycles. The lowest BCUT2D eigenvalue weighted by atomic mass is 10.2. The van der Waals surface area contributed by atoms with Crippen LogP contribution in [-0.2, 0) is 9.53 Å². The molecule has 1 aliphatic rings. The van der Waals surface area contributed by atoms with Gasteiger partial charge >= 0.3 is 5.97 Å². The molecule has 0 unspecified atom stereocenters. The van der Waals surface area contributed by atoms with Crippen LogP contribution < -0.4 is 0 Å². The van der Waals surface area contributed by atoms with Gasteiger partial charge in [0, 0.05) is 32.7 Å². The Morgan fingerprint density at radius 1 is 1.24 bits per heavy atom. The number of nitrogens with zero attached hydrogens (tertiary/aromatic N) is 2. The molecule has 21 heavy (non-hydrogen) atoms. The Balaban J connectivity index is 1.85. The fourth-order valence-corrected chi connectivity index (χ4v) is 2.54. The number of methoxy groups -OCH3 is 1. The van der Waals surface area contributed by atoms with Crippen LogP contribution in [0, 0.1) is 13.8 Å². The zero-order valence-corrected chi connectivity index (χ0v) is 12.8. The number of hydrogen-bond donors (Lipinski definition) is 0. The molecule has 0 spiro atoms. The minimum atomic E-state index is -0.196. The molecular formula is C15H22N2O4. The third-order valence-electron chi connectivity index (χ3n) is 3.79. The average molecular weight is 294 g/mol. The Labute approximate surface area is 124 Å². The zero-order valence-electron chi connectivity index (χ0n) is 12.8. The molecule has 0 N–H and O–H groups in total. The SMILES string of the molecule is COC(=O)CCN1CCN(C(=O)c2cc(C)oc2C)CC1. The molecule has 1 saturated heterocycles. The summed E-state index contributed by atoms with van der Waals surface area (Å²) in [6, 6.07) is 1.79. The third-order valence-corrected chi connectivity index (χ3v) is 3.79. The zero-order chi connectivity index (χ0) is 15.4. The smallest absolute Gasteiger partial charge is 0.306 e. The van der Waals surface area contributed by atoms with Crippen molar-refractivity contribution in [2.24, 2.45) is 0 Å². The van der Waals surface area contributed by atoms with Gasteiger partial charge in [0.05, 0.1) is 19.1 Å². The van der Waals surface area contributed by atoms with Crippen LogP contribution in [0.4, 0.5) is 0 Å². The fraction of sp³-hybridized carbons (Fsp3) is 0.600. The maximum atomic E-state index is 12.4. The summed E-state index contributed by atoms with van der Waals surface area (Å²) < 4.78 is 10.0. The van der Waals surface area contributed by atoms with Crippen molar-refractivity contribution in [2.45, 2.75) is 20.3 Å². The van der Waals surface area contributed by atoms with Crippen molar-refractivity contribution < 1.29 is 18.7 Å². The quantitative estimate of drug-likeness (QED) is 0.781. The highest BCUT2D eigenvalue weighted by molar-refractivity contribution is 5.95. The van der Waals surface area contributed by atoms with Crippen LogP contribution in [-0.4, -0.2) is 61.5 Å². The highest BCUT2D eigenvalue weighted by Gasteiger charge is 2.24. The molecule has 0 aliphatic carbocycles. The van der Waals surface area contributed by atoms with Crippen molar-refractivity contribution in [3.05, 3.63) is 23.2 Å². The van der Waals surface area contributed by atoms with Gasteiger partial charge in [0.25, 0.3) is 5.91 Å². The van der Waals surface area contributed by atoms with Crippen LogP contribution in [0.1, 0.15) is 28.3 Å². The summed E-state index contributed by atoms with van der Waals surface area (Å²) in [5.74, 6) is 1.26. The van der Waals surface area contributed by atoms with E-state index in [0.29, 0.717) is 37.4 Å². The van der Waals surface area contributed by atoms with Gasteiger partial charge in [-0.1, -0.05) is 0 Å². The van der Waals surface area contributed by atoms with Crippen LogP contribution in [0.3, 0.4) is 0 Å². The first kappa shape index (κ1) is 15.6. The summed E-state index contributed by atoms with van der Waals surface area (Å²) in [4.78, 5) is 27.6. The number of furan rings is 1. The summed E-state index contributed by atoms with van der Waals surface area (Å²) in [5.41, 5.74) is 0.649. The first-order valence-corrected chi connectivity index (χ1v) is 7.16. The number of hydrogen-bond acceptors (Lipinski definition) is 5. The van der Waals surface area contributed by atoms with Gasteiger partial charge in [-0.25, -0.2) is 0 Å². The number of carbonyl (C=O) groups excluding carboxylic acids is 2. The van der Waals surface area contributed by atoms with Gasteiger partial charge in [0.15, 0.2) is 0 Å². The molecule has 0 bridgehead atoms. The second-order valence-corrected chi connectivity index (χ2v) is 5.29. The van der Waals surface area contributed by atoms with Gasteiger partial charge < -0.3 is 14.1 Å². The molecule has 1 fully saturated rings. The van der Waals surface area contributed by atoms with E-state index in [1.165, 1.54) is 7.11 Å². The first-order valence-electron chi connectivity index (χ1n) is 7.16. The van der Waals surface area contributed by atoms with Crippen molar-refractivity contribution in [2.75, 3.05) is 39.8 Å². The predicted molar refractivity (Wildman–Crippen MR) is 77.2 cm³/mol. The Bertz CT molecular complexity index is 516. The van der Waals surface area contributed by atoms with Gasteiger partial charge in [0.2, 0.25) is 0 Å². The fourth-order valence-electron chi connectivity index (χ4n) is 2.54. The first-order chi connectivity index (χ1) is 10.0. The van der Waals surface area contributed by atoms with E-state index in [1.807, 2.05) is 18.7 Å². The number of carbonyl (C=O) groups is 2. The van der Waals surface area contributed by atoms with Crippen molar-refractivity contribution in [3.63, 3.8) is 0 Å². The summed E-state index contributed by atoms with van der Waals surface area (Å²) in [7, 11) is 1.40. The van der Waals surface area contributed by atoms with Crippen molar-refractivity contribution in [3.8, 4) is 0 Å². The maximum absolute atomic E-state index is 12.4. The summed E-state index contributed by atoms with van der Waals surface area (Å²) in [6.45, 7) is 7.23. The topological polar surface area (TPSA) is 63.0 Å². The number of esters is 1. The van der Waals surface area contributed by atoms with E-state index in [2.05, 4.69) is 9.64 Å². The summed E-state index contributed by atoms with van der Waals surface area (Å²) in [5, 5.41) is 0. The predicted octanol–water partition coefficient (Wildman–Crippen LogP) is 1.22. The van der Waals surface area contributed by atoms with E-state index in [0.717, 1.165) is 18.8 Å². The van der Waals surface area contributed by atoms with Crippen LogP contribution in [0.5, 0.6) is 0 Å². The van der Waals surface area contributed by atoms with Crippen LogP contribution in [0.2, 0.25) is 0 Å². The lowest BCUT2D eigenvalue weighted by Crippen LogP contribution is -2.49. The largest absolute Gasteiger partial charge is 0.469 e. The highest BCUT2D eigenvalue weighted by atomic mass is 16.5. The van der Waals surface area contributed by atoms with E-state index in [4.69, 9.17) is 4.42 Å². The van der Waals surface area contributed by atoms with Crippen LogP contribution in [0.25, 0.3) is 0 Å². The Hall–Kier alpha value is -1.82. The number of ether oxygens (including phenoxy) is 1. The molecule has 1 amide bonds. The van der Waals surface area contributed by atoms with Crippen LogP contribution in [0.15, 0.2) is 10.5 Å². The van der Waals surface area contributed by atoms with Gasteiger partial charge in [0.1, 0.15) is 11.5 Å². The molecule has 1 aromatic heterocycles. The Kier molecular flexibility index (Phi) is 5.01. The maximum Gasteiger partial charge on any atom is 0.306 e. The second kappa shape index (κ2) is 6.76. The van der Waals surface area contributed by atoms with Crippen LogP contribution >= 0.6 is 0 Å². The van der Waals surface area contributed by atoms with Crippen molar-refractivity contribution in [1.29, 1.82) is 0 Å². The number of amides is 1. The van der Waals surface area contributed by atoms with Gasteiger partial charge in [-0.15, -0.1) is 0 Å². The Morgan fingerprint density at radius 2 is 1.90 bits per heavy atom.